The zero-order valence-electron chi connectivity index (χ0n) is 22.8. The molecule has 0 atom stereocenters. The molecule has 3 N–H and O–H groups in total. The minimum atomic E-state index is -4.61. The van der Waals surface area contributed by atoms with Crippen LogP contribution < -0.4 is 20.4 Å². The number of carbonyl (C=O) groups is 1. The number of nitrogens with zero attached hydrogens (tertiary/aromatic N) is 5. The predicted octanol–water partition coefficient (Wildman–Crippen LogP) is 5.66. The highest BCUT2D eigenvalue weighted by atomic mass is 19.4. The van der Waals surface area contributed by atoms with Gasteiger partial charge in [0.05, 0.1) is 24.5 Å². The average molecular weight is 579 g/mol. The van der Waals surface area contributed by atoms with Crippen molar-refractivity contribution in [1.82, 2.24) is 19.9 Å². The standard InChI is InChI=1S/C29H29F3N8O2/c1-18-2-3-22(38-27(41)19-12-20(29(30,31)32)14-23(13-19)39-8-10-42-11-9-39)15-24(18)40(28-33-6-7-34-28)26-16-25(35-17-36-26)37-21-4-5-21/h2-3,6-7,12-17,21H,4-5,8-11H2,1H3,(H,33,34)(H,38,41)(H,35,36,37). The highest BCUT2D eigenvalue weighted by Gasteiger charge is 2.33. The Morgan fingerprint density at radius 3 is 2.60 bits per heavy atom. The van der Waals surface area contributed by atoms with E-state index in [9.17, 15) is 18.0 Å². The molecule has 1 aliphatic carbocycles. The van der Waals surface area contributed by atoms with Gasteiger partial charge in [-0.25, -0.2) is 15.0 Å². The average Bonchev–Trinajstić information content (AvgIpc) is 3.64. The second-order valence-corrected chi connectivity index (χ2v) is 10.2. The second kappa shape index (κ2) is 11.3. The molecule has 0 unspecified atom stereocenters. The van der Waals surface area contributed by atoms with Gasteiger partial charge in [0.25, 0.3) is 5.91 Å². The van der Waals surface area contributed by atoms with Crippen molar-refractivity contribution in [2.24, 2.45) is 0 Å². The zero-order chi connectivity index (χ0) is 29.3. The summed E-state index contributed by atoms with van der Waals surface area (Å²) in [6.45, 7) is 3.59. The molecular weight excluding hydrogens is 549 g/mol. The summed E-state index contributed by atoms with van der Waals surface area (Å²) in [6, 6.07) is 10.9. The first-order chi connectivity index (χ1) is 20.2. The number of aromatic nitrogens is 4. The first-order valence-corrected chi connectivity index (χ1v) is 13.6. The van der Waals surface area contributed by atoms with E-state index in [4.69, 9.17) is 4.74 Å². The fourth-order valence-corrected chi connectivity index (χ4v) is 4.75. The number of alkyl halides is 3. The molecule has 2 aromatic heterocycles. The van der Waals surface area contributed by atoms with Crippen molar-refractivity contribution in [1.29, 1.82) is 0 Å². The molecule has 10 nitrogen and oxygen atoms in total. The molecule has 0 radical (unpaired) electrons. The van der Waals surface area contributed by atoms with Gasteiger partial charge in [-0.1, -0.05) is 6.07 Å². The summed E-state index contributed by atoms with van der Waals surface area (Å²) in [5.74, 6) is 1.06. The minimum Gasteiger partial charge on any atom is -0.378 e. The van der Waals surface area contributed by atoms with Gasteiger partial charge in [0.1, 0.15) is 18.0 Å². The molecule has 0 bridgehead atoms. The molecule has 1 aliphatic heterocycles. The van der Waals surface area contributed by atoms with Crippen LogP contribution in [0.5, 0.6) is 0 Å². The number of benzene rings is 2. The molecule has 2 fully saturated rings. The molecule has 1 saturated carbocycles. The highest BCUT2D eigenvalue weighted by molar-refractivity contribution is 6.05. The topological polar surface area (TPSA) is 111 Å². The molecule has 13 heteroatoms. The van der Waals surface area contributed by atoms with Crippen LogP contribution in [0.15, 0.2) is 61.2 Å². The monoisotopic (exact) mass is 578 g/mol. The summed E-state index contributed by atoms with van der Waals surface area (Å²) in [7, 11) is 0. The Labute approximate surface area is 239 Å². The van der Waals surface area contributed by atoms with Crippen molar-refractivity contribution in [2.45, 2.75) is 32.0 Å². The van der Waals surface area contributed by atoms with Crippen LogP contribution in [0.2, 0.25) is 0 Å². The minimum absolute atomic E-state index is 0.0945. The maximum atomic E-state index is 13.8. The van der Waals surface area contributed by atoms with Crippen molar-refractivity contribution in [3.8, 4) is 0 Å². The summed E-state index contributed by atoms with van der Waals surface area (Å²) in [6.07, 6.45) is 2.34. The Morgan fingerprint density at radius 1 is 1.07 bits per heavy atom. The largest absolute Gasteiger partial charge is 0.416 e. The Kier molecular flexibility index (Phi) is 7.42. The maximum absolute atomic E-state index is 13.8. The lowest BCUT2D eigenvalue weighted by Gasteiger charge is -2.29. The Balaban J connectivity index is 1.32. The Bertz CT molecular complexity index is 1570. The van der Waals surface area contributed by atoms with Crippen molar-refractivity contribution < 1.29 is 22.7 Å². The van der Waals surface area contributed by atoms with Gasteiger partial charge >= 0.3 is 6.18 Å². The number of H-pyrrole nitrogens is 1. The molecule has 2 aromatic carbocycles. The van der Waals surface area contributed by atoms with Crippen LogP contribution in [-0.2, 0) is 10.9 Å². The van der Waals surface area contributed by atoms with Gasteiger partial charge in [-0.15, -0.1) is 0 Å². The van der Waals surface area contributed by atoms with Crippen molar-refractivity contribution >= 4 is 40.6 Å². The quantitative estimate of drug-likeness (QED) is 0.246. The van der Waals surface area contributed by atoms with Gasteiger partial charge in [0, 0.05) is 54.5 Å². The maximum Gasteiger partial charge on any atom is 0.416 e. The fourth-order valence-electron chi connectivity index (χ4n) is 4.75. The number of aromatic amines is 1. The normalized spacial score (nSPS) is 15.4. The molecule has 218 valence electrons. The number of imidazole rings is 1. The number of halogens is 3. The van der Waals surface area contributed by atoms with Gasteiger partial charge in [0.15, 0.2) is 0 Å². The molecular formula is C29H29F3N8O2. The van der Waals surface area contributed by atoms with Crippen LogP contribution in [0.4, 0.5) is 47.8 Å². The van der Waals surface area contributed by atoms with Gasteiger partial charge in [-0.05, 0) is 55.7 Å². The summed E-state index contributed by atoms with van der Waals surface area (Å²) >= 11 is 0. The lowest BCUT2D eigenvalue weighted by molar-refractivity contribution is -0.137. The molecule has 1 saturated heterocycles. The van der Waals surface area contributed by atoms with Crippen LogP contribution in [-0.4, -0.2) is 58.2 Å². The molecule has 6 rings (SSSR count). The molecule has 42 heavy (non-hydrogen) atoms. The zero-order valence-corrected chi connectivity index (χ0v) is 22.8. The van der Waals surface area contributed by atoms with E-state index in [0.717, 1.165) is 30.5 Å². The van der Waals surface area contributed by atoms with E-state index in [1.807, 2.05) is 19.1 Å². The number of rotatable bonds is 8. The summed E-state index contributed by atoms with van der Waals surface area (Å²) in [5.41, 5.74) is 1.26. The molecule has 4 aromatic rings. The lowest BCUT2D eigenvalue weighted by Crippen LogP contribution is -2.36. The van der Waals surface area contributed by atoms with Crippen LogP contribution in [0.3, 0.4) is 0 Å². The smallest absolute Gasteiger partial charge is 0.378 e. The third-order valence-electron chi connectivity index (χ3n) is 7.10. The second-order valence-electron chi connectivity index (χ2n) is 10.2. The van der Waals surface area contributed by atoms with E-state index in [2.05, 4.69) is 30.6 Å². The van der Waals surface area contributed by atoms with E-state index in [-0.39, 0.29) is 5.56 Å². The number of hydrogen-bond acceptors (Lipinski definition) is 8. The van der Waals surface area contributed by atoms with Gasteiger partial charge in [-0.2, -0.15) is 13.2 Å². The third-order valence-corrected chi connectivity index (χ3v) is 7.10. The van der Waals surface area contributed by atoms with E-state index >= 15 is 0 Å². The van der Waals surface area contributed by atoms with Crippen LogP contribution >= 0.6 is 0 Å². The SMILES string of the molecule is Cc1ccc(NC(=O)c2cc(N3CCOCC3)cc(C(F)(F)F)c2)cc1N(c1cc(NC2CC2)ncn1)c1ncc[nH]1. The summed E-state index contributed by atoms with van der Waals surface area (Å²) in [5, 5.41) is 6.15. The number of carbonyl (C=O) groups excluding carboxylic acids is 1. The number of aryl methyl sites for hydroxylation is 1. The lowest BCUT2D eigenvalue weighted by atomic mass is 10.1. The van der Waals surface area contributed by atoms with E-state index in [0.29, 0.717) is 67.0 Å². The van der Waals surface area contributed by atoms with Crippen LogP contribution in [0.1, 0.15) is 34.3 Å². The van der Waals surface area contributed by atoms with Crippen LogP contribution in [0, 0.1) is 6.92 Å². The molecule has 0 spiro atoms. The number of ether oxygens (including phenoxy) is 1. The van der Waals surface area contributed by atoms with E-state index in [1.165, 1.54) is 12.4 Å². The predicted molar refractivity (Wildman–Crippen MR) is 153 cm³/mol. The summed E-state index contributed by atoms with van der Waals surface area (Å²) in [4.78, 5) is 33.3. The van der Waals surface area contributed by atoms with Crippen molar-refractivity contribution in [3.05, 3.63) is 77.9 Å². The molecule has 3 heterocycles. The first kappa shape index (κ1) is 27.5. The Morgan fingerprint density at radius 2 is 1.88 bits per heavy atom. The van der Waals surface area contributed by atoms with E-state index in [1.54, 1.807) is 34.3 Å². The van der Waals surface area contributed by atoms with Crippen molar-refractivity contribution in [2.75, 3.05) is 46.7 Å². The fraction of sp³-hybridized carbons (Fsp3) is 0.310. The van der Waals surface area contributed by atoms with Crippen LogP contribution in [0.25, 0.3) is 0 Å². The molecule has 2 aliphatic rings. The number of amides is 1. The Hall–Kier alpha value is -4.65. The van der Waals surface area contributed by atoms with Gasteiger partial charge < -0.3 is 25.3 Å². The number of morpholine rings is 1. The van der Waals surface area contributed by atoms with Gasteiger partial charge in [0.2, 0.25) is 5.95 Å². The number of anilines is 6. The van der Waals surface area contributed by atoms with E-state index < -0.39 is 17.6 Å². The third kappa shape index (κ3) is 6.15. The highest BCUT2D eigenvalue weighted by Crippen LogP contribution is 2.37. The number of nitrogens with one attached hydrogen (secondary N) is 3. The molecule has 1 amide bonds. The van der Waals surface area contributed by atoms with Gasteiger partial charge in [-0.3, -0.25) is 9.69 Å². The van der Waals surface area contributed by atoms with Crippen molar-refractivity contribution in [3.63, 3.8) is 0 Å². The number of hydrogen-bond donors (Lipinski definition) is 3. The summed E-state index contributed by atoms with van der Waals surface area (Å²) < 4.78 is 46.7. The first-order valence-electron chi connectivity index (χ1n) is 13.6.